The molecule has 8 aromatic carbocycles. The molecule has 0 N–H and O–H groups in total. The molecule has 204 valence electrons. The molecule has 9 aromatic rings. The minimum absolute atomic E-state index is 0.657. The summed E-state index contributed by atoms with van der Waals surface area (Å²) in [5.74, 6) is 1.99. The van der Waals surface area contributed by atoms with Gasteiger partial charge < -0.3 is 0 Å². The number of rotatable bonds is 3. The van der Waals surface area contributed by atoms with Crippen molar-refractivity contribution in [2.24, 2.45) is 0 Å². The van der Waals surface area contributed by atoms with Crippen LogP contribution in [0.5, 0.6) is 0 Å². The van der Waals surface area contributed by atoms with Crippen LogP contribution < -0.4 is 0 Å². The first-order valence-electron chi connectivity index (χ1n) is 14.9. The van der Waals surface area contributed by atoms with E-state index in [-0.39, 0.29) is 0 Å². The van der Waals surface area contributed by atoms with Gasteiger partial charge in [0.1, 0.15) is 0 Å². The highest BCUT2D eigenvalue weighted by atomic mass is 15.0. The Kier molecular flexibility index (Phi) is 5.50. The van der Waals surface area contributed by atoms with Crippen molar-refractivity contribution in [3.63, 3.8) is 0 Å². The highest BCUT2D eigenvalue weighted by molar-refractivity contribution is 6.19. The number of hydrogen-bond donors (Lipinski definition) is 0. The Morgan fingerprint density at radius 2 is 0.909 bits per heavy atom. The zero-order chi connectivity index (χ0) is 29.0. The third-order valence-corrected chi connectivity index (χ3v) is 8.67. The van der Waals surface area contributed by atoms with Crippen molar-refractivity contribution in [3.8, 4) is 34.2 Å². The van der Waals surface area contributed by atoms with E-state index in [1.807, 2.05) is 18.2 Å². The topological polar surface area (TPSA) is 38.7 Å². The van der Waals surface area contributed by atoms with Crippen molar-refractivity contribution < 1.29 is 0 Å². The summed E-state index contributed by atoms with van der Waals surface area (Å²) in [6.45, 7) is 0. The molecule has 0 aliphatic carbocycles. The van der Waals surface area contributed by atoms with Gasteiger partial charge in [-0.25, -0.2) is 15.0 Å². The Morgan fingerprint density at radius 1 is 0.318 bits per heavy atom. The van der Waals surface area contributed by atoms with Crippen LogP contribution in [0.15, 0.2) is 152 Å². The van der Waals surface area contributed by atoms with Gasteiger partial charge >= 0.3 is 0 Å². The lowest BCUT2D eigenvalue weighted by Crippen LogP contribution is -2.01. The summed E-state index contributed by atoms with van der Waals surface area (Å²) in [6.07, 6.45) is 0. The maximum absolute atomic E-state index is 5.31. The summed E-state index contributed by atoms with van der Waals surface area (Å²) in [4.78, 5) is 15.7. The average Bonchev–Trinajstić information content (AvgIpc) is 3.10. The van der Waals surface area contributed by atoms with Gasteiger partial charge in [0.2, 0.25) is 0 Å². The van der Waals surface area contributed by atoms with Crippen LogP contribution in [0, 0.1) is 0 Å². The van der Waals surface area contributed by atoms with Crippen LogP contribution in [0.3, 0.4) is 0 Å². The summed E-state index contributed by atoms with van der Waals surface area (Å²) >= 11 is 0. The molecule has 44 heavy (non-hydrogen) atoms. The van der Waals surface area contributed by atoms with E-state index in [0.29, 0.717) is 17.5 Å². The molecule has 0 amide bonds. The van der Waals surface area contributed by atoms with Crippen LogP contribution in [0.2, 0.25) is 0 Å². The van der Waals surface area contributed by atoms with Crippen LogP contribution in [0.4, 0.5) is 0 Å². The second-order valence-electron chi connectivity index (χ2n) is 11.2. The van der Waals surface area contributed by atoms with E-state index in [9.17, 15) is 0 Å². The van der Waals surface area contributed by atoms with Crippen molar-refractivity contribution in [1.29, 1.82) is 0 Å². The van der Waals surface area contributed by atoms with Gasteiger partial charge in [-0.3, -0.25) is 0 Å². The van der Waals surface area contributed by atoms with Gasteiger partial charge in [0.25, 0.3) is 0 Å². The molecule has 1 aromatic heterocycles. The molecular formula is C41H25N3. The first-order valence-corrected chi connectivity index (χ1v) is 14.9. The van der Waals surface area contributed by atoms with E-state index < -0.39 is 0 Å². The van der Waals surface area contributed by atoms with E-state index in [1.165, 1.54) is 26.9 Å². The van der Waals surface area contributed by atoms with Gasteiger partial charge in [-0.05, 0) is 54.5 Å². The molecular weight excluding hydrogens is 534 g/mol. The van der Waals surface area contributed by atoms with Crippen molar-refractivity contribution in [3.05, 3.63) is 152 Å². The van der Waals surface area contributed by atoms with E-state index >= 15 is 0 Å². The Bertz CT molecular complexity index is 2550. The largest absolute Gasteiger partial charge is 0.208 e. The Morgan fingerprint density at radius 3 is 1.75 bits per heavy atom. The standard InChI is InChI=1S/C41H25N3/c1-2-13-29(14-3-1)39-42-40(35-20-10-16-28-22-21-27-12-5-8-18-32(27)37(28)35)44-41(43-39)38-33-19-9-6-15-30(33)25-36-31-17-7-4-11-26(31)23-24-34(36)38/h1-25H. The predicted octanol–water partition coefficient (Wildman–Crippen LogP) is 10.6. The van der Waals surface area contributed by atoms with E-state index in [0.717, 1.165) is 43.6 Å². The molecule has 0 bridgehead atoms. The number of benzene rings is 8. The van der Waals surface area contributed by atoms with Gasteiger partial charge in [-0.1, -0.05) is 146 Å². The molecule has 0 unspecified atom stereocenters. The maximum Gasteiger partial charge on any atom is 0.165 e. The SMILES string of the molecule is c1ccc(-c2nc(-c3c4ccccc4cc4c3ccc3ccccc34)nc(-c3cccc4ccc5ccccc5c34)n2)cc1. The summed E-state index contributed by atoms with van der Waals surface area (Å²) < 4.78 is 0. The zero-order valence-corrected chi connectivity index (χ0v) is 23.8. The second-order valence-corrected chi connectivity index (χ2v) is 11.2. The van der Waals surface area contributed by atoms with Crippen LogP contribution in [0.1, 0.15) is 0 Å². The third-order valence-electron chi connectivity index (χ3n) is 8.67. The van der Waals surface area contributed by atoms with E-state index in [1.54, 1.807) is 0 Å². The fourth-order valence-electron chi connectivity index (χ4n) is 6.63. The van der Waals surface area contributed by atoms with Crippen LogP contribution in [0.25, 0.3) is 88.0 Å². The lowest BCUT2D eigenvalue weighted by atomic mass is 9.93. The molecule has 0 fully saturated rings. The third kappa shape index (κ3) is 3.87. The maximum atomic E-state index is 5.31. The molecule has 0 spiro atoms. The first-order chi connectivity index (χ1) is 21.8. The highest BCUT2D eigenvalue weighted by Crippen LogP contribution is 2.40. The highest BCUT2D eigenvalue weighted by Gasteiger charge is 2.19. The van der Waals surface area contributed by atoms with E-state index in [4.69, 9.17) is 15.0 Å². The van der Waals surface area contributed by atoms with Gasteiger partial charge in [0.15, 0.2) is 17.5 Å². The summed E-state index contributed by atoms with van der Waals surface area (Å²) in [5, 5.41) is 11.7. The monoisotopic (exact) mass is 559 g/mol. The minimum atomic E-state index is 0.657. The molecule has 9 rings (SSSR count). The van der Waals surface area contributed by atoms with Crippen LogP contribution >= 0.6 is 0 Å². The smallest absolute Gasteiger partial charge is 0.165 e. The summed E-state index contributed by atoms with van der Waals surface area (Å²) in [7, 11) is 0. The van der Waals surface area contributed by atoms with Gasteiger partial charge in [0, 0.05) is 22.1 Å². The molecule has 0 atom stereocenters. The number of aromatic nitrogens is 3. The summed E-state index contributed by atoms with van der Waals surface area (Å²) in [5.41, 5.74) is 2.97. The molecule has 0 saturated carbocycles. The Hall–Kier alpha value is -5.93. The Balaban J connectivity index is 1.42. The lowest BCUT2D eigenvalue weighted by molar-refractivity contribution is 1.08. The zero-order valence-electron chi connectivity index (χ0n) is 23.8. The molecule has 0 aliphatic rings. The fourth-order valence-corrected chi connectivity index (χ4v) is 6.63. The first kappa shape index (κ1) is 24.6. The normalized spacial score (nSPS) is 11.6. The van der Waals surface area contributed by atoms with Crippen molar-refractivity contribution in [2.75, 3.05) is 0 Å². The second kappa shape index (κ2) is 9.82. The molecule has 0 aliphatic heterocycles. The summed E-state index contributed by atoms with van der Waals surface area (Å²) in [6, 6.07) is 53.3. The molecule has 0 radical (unpaired) electrons. The Labute approximate surface area is 254 Å². The number of fused-ring (bicyclic) bond motifs is 7. The fraction of sp³-hybridized carbons (Fsp3) is 0. The molecule has 3 nitrogen and oxygen atoms in total. The van der Waals surface area contributed by atoms with Gasteiger partial charge in [-0.2, -0.15) is 0 Å². The quantitative estimate of drug-likeness (QED) is 0.160. The van der Waals surface area contributed by atoms with Gasteiger partial charge in [0.05, 0.1) is 0 Å². The molecule has 0 saturated heterocycles. The number of nitrogens with zero attached hydrogens (tertiary/aromatic N) is 3. The molecule has 3 heteroatoms. The van der Waals surface area contributed by atoms with Gasteiger partial charge in [-0.15, -0.1) is 0 Å². The van der Waals surface area contributed by atoms with Crippen molar-refractivity contribution >= 4 is 53.9 Å². The van der Waals surface area contributed by atoms with Crippen LogP contribution in [-0.2, 0) is 0 Å². The van der Waals surface area contributed by atoms with Crippen molar-refractivity contribution in [2.45, 2.75) is 0 Å². The van der Waals surface area contributed by atoms with E-state index in [2.05, 4.69) is 133 Å². The predicted molar refractivity (Wildman–Crippen MR) is 184 cm³/mol. The minimum Gasteiger partial charge on any atom is -0.208 e. The number of hydrogen-bond acceptors (Lipinski definition) is 3. The molecule has 1 heterocycles. The van der Waals surface area contributed by atoms with Crippen LogP contribution in [-0.4, -0.2) is 15.0 Å². The van der Waals surface area contributed by atoms with Crippen molar-refractivity contribution in [1.82, 2.24) is 15.0 Å². The average molecular weight is 560 g/mol. The lowest BCUT2D eigenvalue weighted by Gasteiger charge is -2.15.